The molecular formula is C26H28N6O3. The van der Waals surface area contributed by atoms with Gasteiger partial charge in [-0.3, -0.25) is 10.1 Å². The lowest BCUT2D eigenvalue weighted by molar-refractivity contribution is -0.384. The minimum Gasteiger partial charge on any atom is -0.378 e. The predicted molar refractivity (Wildman–Crippen MR) is 131 cm³/mol. The van der Waals surface area contributed by atoms with E-state index in [1.54, 1.807) is 12.1 Å². The fraction of sp³-hybridized carbons (Fsp3) is 0.423. The topological polar surface area (TPSA) is 110 Å². The second kappa shape index (κ2) is 10.2. The highest BCUT2D eigenvalue weighted by atomic mass is 16.6. The summed E-state index contributed by atoms with van der Waals surface area (Å²) in [5.41, 5.74) is 4.72. The van der Waals surface area contributed by atoms with Crippen molar-refractivity contribution < 1.29 is 9.66 Å². The van der Waals surface area contributed by atoms with Crippen molar-refractivity contribution in [3.63, 3.8) is 0 Å². The van der Waals surface area contributed by atoms with Crippen LogP contribution < -0.4 is 0 Å². The third-order valence-corrected chi connectivity index (χ3v) is 6.81. The molecule has 9 heteroatoms. The summed E-state index contributed by atoms with van der Waals surface area (Å²) in [6.07, 6.45) is 9.82. The van der Waals surface area contributed by atoms with Crippen LogP contribution in [0.4, 0.5) is 5.69 Å². The lowest BCUT2D eigenvalue weighted by atomic mass is 10.1. The number of allylic oxidation sites excluding steroid dienone is 4. The summed E-state index contributed by atoms with van der Waals surface area (Å²) in [5, 5.41) is 30.1. The maximum Gasteiger partial charge on any atom is 0.270 e. The Labute approximate surface area is 204 Å². The van der Waals surface area contributed by atoms with E-state index in [4.69, 9.17) is 4.74 Å². The number of ether oxygens (including phenoxy) is 1. The zero-order valence-electron chi connectivity index (χ0n) is 19.7. The first-order valence-corrected chi connectivity index (χ1v) is 12.2. The summed E-state index contributed by atoms with van der Waals surface area (Å²) < 4.78 is 7.68. The van der Waals surface area contributed by atoms with Gasteiger partial charge in [-0.25, -0.2) is 0 Å². The Kier molecular flexibility index (Phi) is 6.73. The Morgan fingerprint density at radius 2 is 1.97 bits per heavy atom. The SMILES string of the molecule is N#C/C(=C\C1=C(N2CCOCC2)C(=C/c2cccc([N+](=O)[O-])c2)/CC1)c1nnc2n1CCCCC2. The monoisotopic (exact) mass is 472 g/mol. The number of rotatable bonds is 5. The second-order valence-electron chi connectivity index (χ2n) is 9.07. The number of aromatic nitrogens is 3. The van der Waals surface area contributed by atoms with Gasteiger partial charge in [-0.05, 0) is 54.5 Å². The van der Waals surface area contributed by atoms with Crippen molar-refractivity contribution in [2.75, 3.05) is 26.3 Å². The maximum absolute atomic E-state index is 11.2. The molecule has 1 aromatic carbocycles. The molecule has 0 unspecified atom stereocenters. The predicted octanol–water partition coefficient (Wildman–Crippen LogP) is 4.28. The van der Waals surface area contributed by atoms with Crippen LogP contribution in [0.1, 0.15) is 49.3 Å². The van der Waals surface area contributed by atoms with Crippen molar-refractivity contribution in [1.29, 1.82) is 5.26 Å². The zero-order chi connectivity index (χ0) is 24.2. The Morgan fingerprint density at radius 3 is 2.77 bits per heavy atom. The number of benzene rings is 1. The quantitative estimate of drug-likeness (QED) is 0.363. The first kappa shape index (κ1) is 23.0. The Hall–Kier alpha value is -3.77. The minimum atomic E-state index is -0.371. The van der Waals surface area contributed by atoms with Crippen LogP contribution >= 0.6 is 0 Å². The van der Waals surface area contributed by atoms with Crippen LogP contribution in [0.5, 0.6) is 0 Å². The number of nitriles is 1. The van der Waals surface area contributed by atoms with E-state index in [1.165, 1.54) is 6.07 Å². The maximum atomic E-state index is 11.2. The number of non-ortho nitro benzene ring substituents is 1. The molecule has 0 atom stereocenters. The molecule has 0 N–H and O–H groups in total. The van der Waals surface area contributed by atoms with E-state index in [1.807, 2.05) is 18.2 Å². The van der Waals surface area contributed by atoms with Crippen molar-refractivity contribution in [3.8, 4) is 6.07 Å². The summed E-state index contributed by atoms with van der Waals surface area (Å²) in [4.78, 5) is 13.2. The molecule has 1 aliphatic carbocycles. The lowest BCUT2D eigenvalue weighted by Gasteiger charge is -2.31. The van der Waals surface area contributed by atoms with Gasteiger partial charge in [0.05, 0.1) is 23.7 Å². The Morgan fingerprint density at radius 1 is 1.11 bits per heavy atom. The molecule has 35 heavy (non-hydrogen) atoms. The molecule has 0 bridgehead atoms. The van der Waals surface area contributed by atoms with Crippen molar-refractivity contribution >= 4 is 17.3 Å². The third kappa shape index (κ3) is 4.88. The molecule has 0 spiro atoms. The molecule has 1 saturated heterocycles. The standard InChI is InChI=1S/C26H28N6O3/c27-18-22(26-29-28-24-7-2-1-3-10-31(24)26)17-21-9-8-20(25(21)30-11-13-35-14-12-30)15-19-5-4-6-23(16-19)32(33)34/h4-6,15-17H,1-3,7-14H2/b20-15+,22-17+. The molecule has 3 aliphatic rings. The highest BCUT2D eigenvalue weighted by molar-refractivity contribution is 5.76. The molecule has 0 radical (unpaired) electrons. The molecule has 0 saturated carbocycles. The van der Waals surface area contributed by atoms with Crippen LogP contribution in [0.3, 0.4) is 0 Å². The van der Waals surface area contributed by atoms with E-state index < -0.39 is 0 Å². The Balaban J connectivity index is 1.56. The smallest absolute Gasteiger partial charge is 0.270 e. The zero-order valence-corrected chi connectivity index (χ0v) is 19.7. The first-order chi connectivity index (χ1) is 17.1. The normalized spacial score (nSPS) is 20.0. The van der Waals surface area contributed by atoms with Gasteiger partial charge in [0.2, 0.25) is 0 Å². The van der Waals surface area contributed by atoms with Gasteiger partial charge in [0.1, 0.15) is 11.9 Å². The van der Waals surface area contributed by atoms with Crippen LogP contribution in [0, 0.1) is 21.4 Å². The van der Waals surface area contributed by atoms with Gasteiger partial charge in [0.15, 0.2) is 5.82 Å². The van der Waals surface area contributed by atoms with E-state index in [0.29, 0.717) is 24.6 Å². The number of hydrogen-bond acceptors (Lipinski definition) is 7. The molecule has 2 aromatic rings. The summed E-state index contributed by atoms with van der Waals surface area (Å²) in [6, 6.07) is 9.08. The van der Waals surface area contributed by atoms with Gasteiger partial charge in [-0.1, -0.05) is 18.6 Å². The van der Waals surface area contributed by atoms with Crippen molar-refractivity contribution in [1.82, 2.24) is 19.7 Å². The van der Waals surface area contributed by atoms with Gasteiger partial charge < -0.3 is 14.2 Å². The fourth-order valence-corrected chi connectivity index (χ4v) is 5.12. The number of nitro benzene ring substituents is 1. The largest absolute Gasteiger partial charge is 0.378 e. The summed E-state index contributed by atoms with van der Waals surface area (Å²) in [7, 11) is 0. The second-order valence-corrected chi connectivity index (χ2v) is 9.07. The first-order valence-electron chi connectivity index (χ1n) is 12.2. The molecule has 3 heterocycles. The van der Waals surface area contributed by atoms with Crippen LogP contribution in [0.15, 0.2) is 47.2 Å². The van der Waals surface area contributed by atoms with Gasteiger partial charge in [0, 0.05) is 43.9 Å². The fourth-order valence-electron chi connectivity index (χ4n) is 5.12. The molecule has 1 aromatic heterocycles. The van der Waals surface area contributed by atoms with Crippen LogP contribution in [0.2, 0.25) is 0 Å². The highest BCUT2D eigenvalue weighted by Gasteiger charge is 2.27. The molecular weight excluding hydrogens is 444 g/mol. The number of hydrogen-bond donors (Lipinski definition) is 0. The number of morpholine rings is 1. The van der Waals surface area contributed by atoms with Crippen LogP contribution in [-0.4, -0.2) is 50.9 Å². The van der Waals surface area contributed by atoms with Crippen molar-refractivity contribution in [2.24, 2.45) is 0 Å². The summed E-state index contributed by atoms with van der Waals surface area (Å²) in [5.74, 6) is 1.60. The summed E-state index contributed by atoms with van der Waals surface area (Å²) >= 11 is 0. The van der Waals surface area contributed by atoms with Crippen LogP contribution in [0.25, 0.3) is 11.6 Å². The average Bonchev–Trinajstić information content (AvgIpc) is 3.38. The van der Waals surface area contributed by atoms with Gasteiger partial charge in [-0.2, -0.15) is 5.26 Å². The van der Waals surface area contributed by atoms with E-state index >= 15 is 0 Å². The number of nitrogens with zero attached hydrogens (tertiary/aromatic N) is 6. The highest BCUT2D eigenvalue weighted by Crippen LogP contribution is 2.38. The Bertz CT molecular complexity index is 1260. The average molecular weight is 473 g/mol. The van der Waals surface area contributed by atoms with E-state index in [9.17, 15) is 15.4 Å². The van der Waals surface area contributed by atoms with Gasteiger partial charge in [-0.15, -0.1) is 10.2 Å². The molecule has 2 aliphatic heterocycles. The summed E-state index contributed by atoms with van der Waals surface area (Å²) in [6.45, 7) is 3.66. The molecule has 1 fully saturated rings. The number of nitro groups is 1. The van der Waals surface area contributed by atoms with E-state index in [-0.39, 0.29) is 10.6 Å². The van der Waals surface area contributed by atoms with Crippen molar-refractivity contribution in [2.45, 2.75) is 45.1 Å². The molecule has 9 nitrogen and oxygen atoms in total. The van der Waals surface area contributed by atoms with E-state index in [0.717, 1.165) is 86.4 Å². The molecule has 5 rings (SSSR count). The number of fused-ring (bicyclic) bond motifs is 1. The van der Waals surface area contributed by atoms with E-state index in [2.05, 4.69) is 25.7 Å². The molecule has 180 valence electrons. The van der Waals surface area contributed by atoms with Gasteiger partial charge in [0.25, 0.3) is 5.69 Å². The van der Waals surface area contributed by atoms with Crippen molar-refractivity contribution in [3.05, 3.63) is 74.5 Å². The van der Waals surface area contributed by atoms with Gasteiger partial charge >= 0.3 is 0 Å². The third-order valence-electron chi connectivity index (χ3n) is 6.81. The number of aryl methyl sites for hydroxylation is 1. The molecule has 0 amide bonds. The lowest BCUT2D eigenvalue weighted by Crippen LogP contribution is -2.36. The minimum absolute atomic E-state index is 0.0774. The van der Waals surface area contributed by atoms with Crippen LogP contribution in [-0.2, 0) is 17.7 Å².